The summed E-state index contributed by atoms with van der Waals surface area (Å²) in [5.74, 6) is 0.106. The van der Waals surface area contributed by atoms with Gasteiger partial charge >= 0.3 is 0 Å². The van der Waals surface area contributed by atoms with Crippen LogP contribution in [0.4, 0.5) is 0 Å². The third kappa shape index (κ3) is 9.51. The zero-order chi connectivity index (χ0) is 18.9. The molecule has 0 heterocycles. The number of aliphatic hydroxyl groups is 1. The minimum absolute atomic E-state index is 0.0504. The first-order valence-corrected chi connectivity index (χ1v) is 8.80. The normalized spacial score (nSPS) is 21.6. The Morgan fingerprint density at radius 2 is 2.00 bits per heavy atom. The molecular formula is C20H33N3O2. The van der Waals surface area contributed by atoms with Crippen LogP contribution in [0.5, 0.6) is 0 Å². The number of nitrogens with one attached hydrogen (secondary N) is 1. The Morgan fingerprint density at radius 1 is 1.32 bits per heavy atom. The maximum atomic E-state index is 9.90. The highest BCUT2D eigenvalue weighted by Crippen LogP contribution is 2.17. The first-order valence-electron chi connectivity index (χ1n) is 8.80. The molecule has 0 spiro atoms. The molecule has 140 valence electrons. The number of nitrogens with zero attached hydrogens (tertiary/aromatic N) is 1. The van der Waals surface area contributed by atoms with Crippen molar-refractivity contribution in [2.75, 3.05) is 19.8 Å². The van der Waals surface area contributed by atoms with Crippen molar-refractivity contribution in [3.8, 4) is 0 Å². The molecule has 1 aliphatic rings. The van der Waals surface area contributed by atoms with Gasteiger partial charge in [-0.3, -0.25) is 10.3 Å². The van der Waals surface area contributed by atoms with Crippen LogP contribution in [0.2, 0.25) is 0 Å². The number of nitrogens with two attached hydrogens (primary N) is 1. The average Bonchev–Trinajstić information content (AvgIpc) is 2.50. The molecule has 0 aromatic rings. The van der Waals surface area contributed by atoms with Crippen LogP contribution in [0.1, 0.15) is 34.6 Å². The van der Waals surface area contributed by atoms with Gasteiger partial charge in [0, 0.05) is 25.1 Å². The number of allylic oxidation sites excluding steroid dienone is 4. The lowest BCUT2D eigenvalue weighted by Crippen LogP contribution is -2.42. The summed E-state index contributed by atoms with van der Waals surface area (Å²) in [6.45, 7) is 10.9. The zero-order valence-corrected chi connectivity index (χ0v) is 16.1. The van der Waals surface area contributed by atoms with Crippen molar-refractivity contribution < 1.29 is 9.84 Å². The van der Waals surface area contributed by atoms with Crippen LogP contribution in [-0.2, 0) is 4.74 Å². The summed E-state index contributed by atoms with van der Waals surface area (Å²) in [4.78, 5) is 4.77. The SMILES string of the molecule is CCOC/C(CNC(C)(C)O)=N/C(C=C(C)C)=C/C1C=CC=CC1N. The molecular weight excluding hydrogens is 314 g/mol. The van der Waals surface area contributed by atoms with Crippen molar-refractivity contribution in [1.29, 1.82) is 0 Å². The van der Waals surface area contributed by atoms with Crippen LogP contribution in [0.25, 0.3) is 0 Å². The molecule has 0 fully saturated rings. The topological polar surface area (TPSA) is 79.9 Å². The van der Waals surface area contributed by atoms with Gasteiger partial charge in [-0.05, 0) is 46.8 Å². The van der Waals surface area contributed by atoms with Gasteiger partial charge in [0.1, 0.15) is 5.72 Å². The third-order valence-electron chi connectivity index (χ3n) is 3.51. The maximum Gasteiger partial charge on any atom is 0.110 e. The number of hydrogen-bond donors (Lipinski definition) is 3. The van der Waals surface area contributed by atoms with E-state index in [2.05, 4.69) is 17.5 Å². The minimum Gasteiger partial charge on any atom is -0.376 e. The van der Waals surface area contributed by atoms with E-state index in [4.69, 9.17) is 15.5 Å². The maximum absolute atomic E-state index is 9.90. The van der Waals surface area contributed by atoms with Crippen molar-refractivity contribution in [3.63, 3.8) is 0 Å². The zero-order valence-electron chi connectivity index (χ0n) is 16.1. The predicted molar refractivity (Wildman–Crippen MR) is 105 cm³/mol. The number of hydrogen-bond acceptors (Lipinski definition) is 5. The summed E-state index contributed by atoms with van der Waals surface area (Å²) < 4.78 is 5.53. The van der Waals surface area contributed by atoms with E-state index >= 15 is 0 Å². The van der Waals surface area contributed by atoms with Gasteiger partial charge in [0.25, 0.3) is 0 Å². The Hall–Kier alpha value is -1.53. The van der Waals surface area contributed by atoms with Gasteiger partial charge in [-0.25, -0.2) is 0 Å². The molecule has 0 amide bonds. The lowest BCUT2D eigenvalue weighted by atomic mass is 9.94. The molecule has 0 aromatic carbocycles. The average molecular weight is 348 g/mol. The second-order valence-corrected chi connectivity index (χ2v) is 6.97. The fourth-order valence-electron chi connectivity index (χ4n) is 2.26. The Balaban J connectivity index is 3.06. The largest absolute Gasteiger partial charge is 0.376 e. The quantitative estimate of drug-likeness (QED) is 0.340. The van der Waals surface area contributed by atoms with E-state index in [9.17, 15) is 5.11 Å². The lowest BCUT2D eigenvalue weighted by molar-refractivity contribution is 0.0482. The monoisotopic (exact) mass is 347 g/mol. The van der Waals surface area contributed by atoms with Crippen LogP contribution < -0.4 is 11.1 Å². The molecule has 0 aromatic heterocycles. The predicted octanol–water partition coefficient (Wildman–Crippen LogP) is 2.70. The molecule has 1 aliphatic carbocycles. The summed E-state index contributed by atoms with van der Waals surface area (Å²) in [6, 6.07) is -0.0504. The van der Waals surface area contributed by atoms with E-state index in [1.54, 1.807) is 13.8 Å². The van der Waals surface area contributed by atoms with E-state index in [-0.39, 0.29) is 12.0 Å². The lowest BCUT2D eigenvalue weighted by Gasteiger charge is -2.20. The molecule has 0 aliphatic heterocycles. The summed E-state index contributed by atoms with van der Waals surface area (Å²) in [5, 5.41) is 12.9. The van der Waals surface area contributed by atoms with Crippen LogP contribution in [0.15, 0.2) is 52.7 Å². The molecule has 0 bridgehead atoms. The van der Waals surface area contributed by atoms with E-state index in [0.717, 1.165) is 17.0 Å². The van der Waals surface area contributed by atoms with Gasteiger partial charge < -0.3 is 15.6 Å². The summed E-state index contributed by atoms with van der Waals surface area (Å²) >= 11 is 0. The molecule has 0 saturated heterocycles. The Labute approximate surface area is 152 Å². The highest BCUT2D eigenvalue weighted by molar-refractivity contribution is 5.88. The molecule has 25 heavy (non-hydrogen) atoms. The molecule has 5 nitrogen and oxygen atoms in total. The molecule has 0 saturated carbocycles. The first kappa shape index (κ1) is 21.5. The highest BCUT2D eigenvalue weighted by Gasteiger charge is 2.15. The summed E-state index contributed by atoms with van der Waals surface area (Å²) in [7, 11) is 0. The number of rotatable bonds is 9. The number of ether oxygens (including phenoxy) is 1. The van der Waals surface area contributed by atoms with E-state index in [1.165, 1.54) is 0 Å². The fraction of sp³-hybridized carbons (Fsp3) is 0.550. The summed E-state index contributed by atoms with van der Waals surface area (Å²) in [6.07, 6.45) is 12.2. The Morgan fingerprint density at radius 3 is 2.56 bits per heavy atom. The molecule has 2 unspecified atom stereocenters. The van der Waals surface area contributed by atoms with Crippen LogP contribution in [0.3, 0.4) is 0 Å². The molecule has 4 N–H and O–H groups in total. The number of aliphatic imine (C=N–C) groups is 1. The van der Waals surface area contributed by atoms with Crippen molar-refractivity contribution in [1.82, 2.24) is 5.32 Å². The van der Waals surface area contributed by atoms with Crippen LogP contribution >= 0.6 is 0 Å². The second kappa shape index (κ2) is 10.5. The summed E-state index contributed by atoms with van der Waals surface area (Å²) in [5.41, 5.74) is 8.04. The van der Waals surface area contributed by atoms with Gasteiger partial charge in [-0.2, -0.15) is 0 Å². The van der Waals surface area contributed by atoms with Crippen LogP contribution in [0, 0.1) is 5.92 Å². The van der Waals surface area contributed by atoms with Crippen molar-refractivity contribution >= 4 is 5.71 Å². The van der Waals surface area contributed by atoms with Gasteiger partial charge in [-0.15, -0.1) is 0 Å². The molecule has 2 atom stereocenters. The fourth-order valence-corrected chi connectivity index (χ4v) is 2.26. The molecule has 5 heteroatoms. The van der Waals surface area contributed by atoms with Crippen molar-refractivity contribution in [3.05, 3.63) is 47.7 Å². The van der Waals surface area contributed by atoms with Crippen molar-refractivity contribution in [2.24, 2.45) is 16.6 Å². The van der Waals surface area contributed by atoms with Gasteiger partial charge in [0.05, 0.1) is 18.0 Å². The highest BCUT2D eigenvalue weighted by atomic mass is 16.5. The Kier molecular flexibility index (Phi) is 9.00. The smallest absolute Gasteiger partial charge is 0.110 e. The first-order chi connectivity index (χ1) is 11.7. The molecule has 1 rings (SSSR count). The minimum atomic E-state index is -0.966. The van der Waals surface area contributed by atoms with E-state index in [1.807, 2.05) is 45.1 Å². The molecule has 0 radical (unpaired) electrons. The standard InChI is InChI=1S/C20H33N3O2/c1-6-25-14-18(13-22-20(4,5)24)23-17(11-15(2)3)12-16-9-7-8-10-19(16)21/h7-12,16,19,22,24H,6,13-14,21H2,1-5H3/b17-12+,23-18+. The van der Waals surface area contributed by atoms with Crippen molar-refractivity contribution in [2.45, 2.75) is 46.4 Å². The van der Waals surface area contributed by atoms with Gasteiger partial charge in [-0.1, -0.05) is 29.9 Å². The van der Waals surface area contributed by atoms with Crippen LogP contribution in [-0.4, -0.2) is 42.3 Å². The van der Waals surface area contributed by atoms with Gasteiger partial charge in [0.2, 0.25) is 0 Å². The second-order valence-electron chi connectivity index (χ2n) is 6.97. The third-order valence-corrected chi connectivity index (χ3v) is 3.51. The van der Waals surface area contributed by atoms with E-state index in [0.29, 0.717) is 19.8 Å². The van der Waals surface area contributed by atoms with E-state index < -0.39 is 5.72 Å². The van der Waals surface area contributed by atoms with Gasteiger partial charge in [0.15, 0.2) is 0 Å². The Bertz CT molecular complexity index is 562.